The van der Waals surface area contributed by atoms with Crippen molar-refractivity contribution in [3.05, 3.63) is 95.6 Å². The number of ether oxygens (including phenoxy) is 1. The third-order valence-electron chi connectivity index (χ3n) is 7.29. The fourth-order valence-corrected chi connectivity index (χ4v) is 5.49. The van der Waals surface area contributed by atoms with Gasteiger partial charge >= 0.3 is 0 Å². The lowest BCUT2D eigenvalue weighted by Gasteiger charge is -2.32. The van der Waals surface area contributed by atoms with Crippen molar-refractivity contribution in [2.75, 3.05) is 5.32 Å². The SMILES string of the molecule is Cc1cc(NC2CCC(NC(=O)C3c4ccccc4Oc4ccccc43)CC2)nc2ccccc12. The number of hydrogen-bond acceptors (Lipinski definition) is 4. The van der Waals surface area contributed by atoms with Crippen LogP contribution in [-0.4, -0.2) is 23.0 Å². The fourth-order valence-electron chi connectivity index (χ4n) is 5.49. The first kappa shape index (κ1) is 21.7. The number of pyridine rings is 1. The van der Waals surface area contributed by atoms with Crippen molar-refractivity contribution < 1.29 is 9.53 Å². The molecule has 2 heterocycles. The third-order valence-corrected chi connectivity index (χ3v) is 7.29. The molecule has 0 unspecified atom stereocenters. The highest BCUT2D eigenvalue weighted by Gasteiger charge is 2.34. The Hall–Kier alpha value is -3.86. The predicted molar refractivity (Wildman–Crippen MR) is 139 cm³/mol. The first-order chi connectivity index (χ1) is 17.2. The molecular formula is C30H29N3O2. The molecule has 5 nitrogen and oxygen atoms in total. The maximum atomic E-state index is 13.5. The normalized spacial score (nSPS) is 19.3. The van der Waals surface area contributed by atoms with Gasteiger partial charge in [-0.25, -0.2) is 4.98 Å². The van der Waals surface area contributed by atoms with Crippen molar-refractivity contribution in [1.29, 1.82) is 0 Å². The van der Waals surface area contributed by atoms with Crippen LogP contribution in [0.5, 0.6) is 11.5 Å². The van der Waals surface area contributed by atoms with Crippen molar-refractivity contribution in [3.63, 3.8) is 0 Å². The smallest absolute Gasteiger partial charge is 0.232 e. The van der Waals surface area contributed by atoms with Gasteiger partial charge in [0.2, 0.25) is 5.91 Å². The Kier molecular flexibility index (Phi) is 5.61. The van der Waals surface area contributed by atoms with E-state index in [-0.39, 0.29) is 17.9 Å². The second-order valence-electron chi connectivity index (χ2n) is 9.65. The summed E-state index contributed by atoms with van der Waals surface area (Å²) in [6.07, 6.45) is 3.89. The van der Waals surface area contributed by atoms with Crippen LogP contribution in [0.2, 0.25) is 0 Å². The summed E-state index contributed by atoms with van der Waals surface area (Å²) < 4.78 is 6.06. The summed E-state index contributed by atoms with van der Waals surface area (Å²) in [6, 6.07) is 26.6. The average molecular weight is 464 g/mol. The van der Waals surface area contributed by atoms with E-state index in [0.29, 0.717) is 6.04 Å². The van der Waals surface area contributed by atoms with E-state index in [1.165, 1.54) is 10.9 Å². The first-order valence-electron chi connectivity index (χ1n) is 12.4. The molecule has 0 atom stereocenters. The van der Waals surface area contributed by atoms with E-state index >= 15 is 0 Å². The van der Waals surface area contributed by atoms with E-state index in [9.17, 15) is 4.79 Å². The Labute approximate surface area is 205 Å². The van der Waals surface area contributed by atoms with E-state index in [1.54, 1.807) is 0 Å². The van der Waals surface area contributed by atoms with Crippen LogP contribution in [0, 0.1) is 6.92 Å². The molecule has 0 bridgehead atoms. The van der Waals surface area contributed by atoms with Crippen LogP contribution < -0.4 is 15.4 Å². The van der Waals surface area contributed by atoms with Gasteiger partial charge in [-0.1, -0.05) is 54.6 Å². The molecule has 0 saturated heterocycles. The molecule has 1 aromatic heterocycles. The summed E-state index contributed by atoms with van der Waals surface area (Å²) in [5.74, 6) is 2.16. The number of nitrogens with zero attached hydrogens (tertiary/aromatic N) is 1. The third kappa shape index (κ3) is 4.23. The molecule has 2 aliphatic rings. The summed E-state index contributed by atoms with van der Waals surface area (Å²) >= 11 is 0. The highest BCUT2D eigenvalue weighted by atomic mass is 16.5. The minimum atomic E-state index is -0.350. The van der Waals surface area contributed by atoms with Gasteiger partial charge in [0.25, 0.3) is 0 Å². The molecule has 0 radical (unpaired) electrons. The van der Waals surface area contributed by atoms with Crippen molar-refractivity contribution in [2.24, 2.45) is 0 Å². The van der Waals surface area contributed by atoms with E-state index in [0.717, 1.165) is 59.6 Å². The maximum Gasteiger partial charge on any atom is 0.232 e. The zero-order chi connectivity index (χ0) is 23.8. The second kappa shape index (κ2) is 9.06. The van der Waals surface area contributed by atoms with Gasteiger partial charge in [0.15, 0.2) is 0 Å². The number of fused-ring (bicyclic) bond motifs is 3. The van der Waals surface area contributed by atoms with Crippen molar-refractivity contribution in [3.8, 4) is 11.5 Å². The van der Waals surface area contributed by atoms with E-state index in [2.05, 4.69) is 41.8 Å². The van der Waals surface area contributed by atoms with E-state index < -0.39 is 0 Å². The van der Waals surface area contributed by atoms with Gasteiger partial charge in [-0.2, -0.15) is 0 Å². The molecule has 176 valence electrons. The molecule has 0 spiro atoms. The summed E-state index contributed by atoms with van der Waals surface area (Å²) in [5, 5.41) is 8.18. The lowest BCUT2D eigenvalue weighted by atomic mass is 9.86. The number of para-hydroxylation sites is 3. The summed E-state index contributed by atoms with van der Waals surface area (Å²) in [7, 11) is 0. The molecule has 4 aromatic rings. The number of carbonyl (C=O) groups excluding carboxylic acids is 1. The molecule has 1 fully saturated rings. The van der Waals surface area contributed by atoms with Gasteiger partial charge in [0.05, 0.1) is 11.4 Å². The molecule has 1 aliphatic heterocycles. The van der Waals surface area contributed by atoms with Gasteiger partial charge in [-0.15, -0.1) is 0 Å². The van der Waals surface area contributed by atoms with Gasteiger partial charge in [-0.3, -0.25) is 4.79 Å². The van der Waals surface area contributed by atoms with Crippen molar-refractivity contribution in [1.82, 2.24) is 10.3 Å². The zero-order valence-corrected chi connectivity index (χ0v) is 19.8. The van der Waals surface area contributed by atoms with Crippen LogP contribution in [-0.2, 0) is 4.79 Å². The summed E-state index contributed by atoms with van der Waals surface area (Å²) in [4.78, 5) is 18.3. The largest absolute Gasteiger partial charge is 0.457 e. The first-order valence-corrected chi connectivity index (χ1v) is 12.4. The minimum Gasteiger partial charge on any atom is -0.457 e. The topological polar surface area (TPSA) is 63.2 Å². The molecule has 35 heavy (non-hydrogen) atoms. The fraction of sp³-hybridized carbons (Fsp3) is 0.267. The quantitative estimate of drug-likeness (QED) is 0.372. The van der Waals surface area contributed by atoms with Crippen LogP contribution in [0.4, 0.5) is 5.82 Å². The number of rotatable bonds is 4. The number of nitrogens with one attached hydrogen (secondary N) is 2. The Morgan fingerprint density at radius 1 is 0.829 bits per heavy atom. The van der Waals surface area contributed by atoms with Crippen LogP contribution in [0.15, 0.2) is 78.9 Å². The van der Waals surface area contributed by atoms with E-state index in [4.69, 9.17) is 9.72 Å². The Morgan fingerprint density at radius 2 is 1.43 bits per heavy atom. The van der Waals surface area contributed by atoms with Crippen LogP contribution in [0.3, 0.4) is 0 Å². The maximum absolute atomic E-state index is 13.5. The molecule has 5 heteroatoms. The number of hydrogen-bond donors (Lipinski definition) is 2. The molecule has 1 aliphatic carbocycles. The summed E-state index contributed by atoms with van der Waals surface area (Å²) in [6.45, 7) is 2.13. The number of aromatic nitrogens is 1. The Morgan fingerprint density at radius 3 is 2.14 bits per heavy atom. The van der Waals surface area contributed by atoms with Crippen molar-refractivity contribution >= 4 is 22.6 Å². The number of anilines is 1. The van der Waals surface area contributed by atoms with Crippen LogP contribution in [0.25, 0.3) is 10.9 Å². The zero-order valence-electron chi connectivity index (χ0n) is 19.8. The molecule has 2 N–H and O–H groups in total. The molecular weight excluding hydrogens is 434 g/mol. The standard InChI is InChI=1S/C30H29N3O2/c1-19-18-28(33-25-11-5-2-8-22(19)25)31-20-14-16-21(17-15-20)32-30(34)29-23-9-3-6-12-26(23)35-27-13-7-4-10-24(27)29/h2-13,18,20-21,29H,14-17H2,1H3,(H,31,33)(H,32,34). The number of amides is 1. The molecule has 1 saturated carbocycles. The van der Waals surface area contributed by atoms with Gasteiger partial charge in [0, 0.05) is 28.6 Å². The predicted octanol–water partition coefficient (Wildman–Crippen LogP) is 6.32. The van der Waals surface area contributed by atoms with Crippen LogP contribution >= 0.6 is 0 Å². The molecule has 1 amide bonds. The van der Waals surface area contributed by atoms with E-state index in [1.807, 2.05) is 54.6 Å². The van der Waals surface area contributed by atoms with Crippen molar-refractivity contribution in [2.45, 2.75) is 50.6 Å². The molecule has 3 aromatic carbocycles. The Bertz CT molecular complexity index is 1350. The monoisotopic (exact) mass is 463 g/mol. The Balaban J connectivity index is 1.12. The minimum absolute atomic E-state index is 0.0522. The second-order valence-corrected chi connectivity index (χ2v) is 9.65. The highest BCUT2D eigenvalue weighted by Crippen LogP contribution is 2.44. The number of carbonyl (C=O) groups is 1. The lowest BCUT2D eigenvalue weighted by molar-refractivity contribution is -0.122. The number of aryl methyl sites for hydroxylation is 1. The highest BCUT2D eigenvalue weighted by molar-refractivity contribution is 5.90. The lowest BCUT2D eigenvalue weighted by Crippen LogP contribution is -2.42. The summed E-state index contributed by atoms with van der Waals surface area (Å²) in [5.41, 5.74) is 4.11. The van der Waals surface area contributed by atoms with Gasteiger partial charge in [-0.05, 0) is 62.4 Å². The average Bonchev–Trinajstić information content (AvgIpc) is 2.88. The van der Waals surface area contributed by atoms with Gasteiger partial charge < -0.3 is 15.4 Å². The van der Waals surface area contributed by atoms with Crippen LogP contribution in [0.1, 0.15) is 48.3 Å². The van der Waals surface area contributed by atoms with Gasteiger partial charge in [0.1, 0.15) is 17.3 Å². The number of benzene rings is 3. The molecule has 6 rings (SSSR count).